The molecule has 1 aromatic rings. The van der Waals surface area contributed by atoms with Gasteiger partial charge in [0.25, 0.3) is 0 Å². The van der Waals surface area contributed by atoms with E-state index in [1.165, 1.54) is 0 Å². The summed E-state index contributed by atoms with van der Waals surface area (Å²) in [4.78, 5) is 0. The van der Waals surface area contributed by atoms with Crippen LogP contribution >= 0.6 is 0 Å². The fourth-order valence-electron chi connectivity index (χ4n) is 1.98. The monoisotopic (exact) mass is 280 g/mol. The van der Waals surface area contributed by atoms with Crippen LogP contribution in [0.15, 0.2) is 0 Å². The lowest BCUT2D eigenvalue weighted by atomic mass is 10.0. The Bertz CT molecular complexity index is 449. The summed E-state index contributed by atoms with van der Waals surface area (Å²) in [7, 11) is 0. The Morgan fingerprint density at radius 1 is 1.10 bits per heavy atom. The number of nitrogens with one attached hydrogen (secondary N) is 1. The first kappa shape index (κ1) is 16.4. The van der Waals surface area contributed by atoms with Crippen LogP contribution in [-0.2, 0) is 17.6 Å². The molecule has 0 fully saturated rings. The lowest BCUT2D eigenvalue weighted by Gasteiger charge is -2.14. The predicted octanol–water partition coefficient (Wildman–Crippen LogP) is 1.69. The van der Waals surface area contributed by atoms with Crippen molar-refractivity contribution in [1.29, 1.82) is 5.41 Å². The van der Waals surface area contributed by atoms with Crippen molar-refractivity contribution >= 4 is 5.84 Å². The second kappa shape index (κ2) is 8.47. The van der Waals surface area contributed by atoms with Crippen LogP contribution in [0, 0.1) is 5.41 Å². The second-order valence-electron chi connectivity index (χ2n) is 4.39. The molecule has 1 heterocycles. The van der Waals surface area contributed by atoms with Gasteiger partial charge in [-0.2, -0.15) is 5.10 Å². The number of aryl methyl sites for hydroxylation is 1. The third-order valence-corrected chi connectivity index (χ3v) is 2.90. The molecule has 1 rings (SSSR count). The number of amidine groups is 1. The van der Waals surface area contributed by atoms with E-state index in [-0.39, 0.29) is 5.84 Å². The third-order valence-electron chi connectivity index (χ3n) is 2.90. The smallest absolute Gasteiger partial charge is 0.244 e. The van der Waals surface area contributed by atoms with E-state index < -0.39 is 0 Å². The van der Waals surface area contributed by atoms with E-state index in [4.69, 9.17) is 20.6 Å². The average Bonchev–Trinajstić information content (AvgIpc) is 2.45. The van der Waals surface area contributed by atoms with Crippen LogP contribution in [0.2, 0.25) is 0 Å². The maximum atomic E-state index is 7.74. The quantitative estimate of drug-likeness (QED) is 0.408. The number of aromatic nitrogens is 2. The molecule has 0 aromatic carbocycles. The van der Waals surface area contributed by atoms with Gasteiger partial charge in [-0.05, 0) is 24.8 Å². The number of rotatable bonds is 9. The summed E-state index contributed by atoms with van der Waals surface area (Å²) in [5.41, 5.74) is 8.05. The Morgan fingerprint density at radius 2 is 1.85 bits per heavy atom. The molecule has 3 N–H and O–H groups in total. The van der Waals surface area contributed by atoms with E-state index in [1.807, 2.05) is 13.8 Å². The highest BCUT2D eigenvalue weighted by Gasteiger charge is 2.17. The summed E-state index contributed by atoms with van der Waals surface area (Å²) >= 11 is 0. The number of nitrogen functional groups attached to an aromatic ring is 1. The van der Waals surface area contributed by atoms with Crippen LogP contribution in [0.3, 0.4) is 0 Å². The number of ether oxygens (including phenoxy) is 2. The van der Waals surface area contributed by atoms with Gasteiger partial charge in [-0.15, -0.1) is 5.10 Å². The van der Waals surface area contributed by atoms with Gasteiger partial charge in [-0.1, -0.05) is 20.8 Å². The third kappa shape index (κ3) is 4.16. The zero-order valence-electron chi connectivity index (χ0n) is 12.5. The van der Waals surface area contributed by atoms with E-state index in [9.17, 15) is 0 Å². The van der Waals surface area contributed by atoms with Gasteiger partial charge >= 0.3 is 0 Å². The lowest BCUT2D eigenvalue weighted by Crippen LogP contribution is -2.20. The second-order valence-corrected chi connectivity index (χ2v) is 4.39. The van der Waals surface area contributed by atoms with E-state index in [2.05, 4.69) is 17.1 Å². The Morgan fingerprint density at radius 3 is 2.40 bits per heavy atom. The predicted molar refractivity (Wildman–Crippen MR) is 78.4 cm³/mol. The van der Waals surface area contributed by atoms with Gasteiger partial charge in [-0.3, -0.25) is 5.41 Å². The number of nitrogens with zero attached hydrogens (tertiary/aromatic N) is 2. The number of hydrogen-bond acceptors (Lipinski definition) is 5. The molecule has 112 valence electrons. The van der Waals surface area contributed by atoms with Crippen molar-refractivity contribution in [2.24, 2.45) is 5.73 Å². The Labute approximate surface area is 120 Å². The minimum absolute atomic E-state index is 0.0315. The fraction of sp³-hybridized carbons (Fsp3) is 0.643. The highest BCUT2D eigenvalue weighted by atomic mass is 16.5. The van der Waals surface area contributed by atoms with Gasteiger partial charge in [-0.25, -0.2) is 0 Å². The summed E-state index contributed by atoms with van der Waals surface area (Å²) in [6.07, 6.45) is 2.48. The summed E-state index contributed by atoms with van der Waals surface area (Å²) in [6, 6.07) is 0. The molecule has 1 aromatic heterocycles. The summed E-state index contributed by atoms with van der Waals surface area (Å²) in [5, 5.41) is 15.9. The molecule has 0 spiro atoms. The van der Waals surface area contributed by atoms with Crippen LogP contribution < -0.4 is 10.5 Å². The Kier molecular flexibility index (Phi) is 6.93. The standard InChI is InChI=1S/C14H24N4O2/c1-4-7-19-8-9-20-14-12(13(15)16)10(5-2)11(6-3)17-18-14/h4-9H2,1-3H3,(H3,15,16). The van der Waals surface area contributed by atoms with Crippen molar-refractivity contribution in [3.8, 4) is 5.88 Å². The molecule has 0 amide bonds. The van der Waals surface area contributed by atoms with Crippen LogP contribution in [0.4, 0.5) is 0 Å². The molecule has 0 aliphatic rings. The SMILES string of the molecule is CCCOCCOc1nnc(CC)c(CC)c1C(=N)N. The van der Waals surface area contributed by atoms with Crippen molar-refractivity contribution < 1.29 is 9.47 Å². The molecule has 0 atom stereocenters. The van der Waals surface area contributed by atoms with Gasteiger partial charge in [0.2, 0.25) is 5.88 Å². The van der Waals surface area contributed by atoms with Crippen molar-refractivity contribution in [3.63, 3.8) is 0 Å². The highest BCUT2D eigenvalue weighted by Crippen LogP contribution is 2.22. The van der Waals surface area contributed by atoms with E-state index in [1.54, 1.807) is 0 Å². The molecule has 0 radical (unpaired) electrons. The van der Waals surface area contributed by atoms with Crippen LogP contribution in [-0.4, -0.2) is 35.9 Å². The lowest BCUT2D eigenvalue weighted by molar-refractivity contribution is 0.0985. The first-order valence-electron chi connectivity index (χ1n) is 7.08. The first-order valence-corrected chi connectivity index (χ1v) is 7.08. The van der Waals surface area contributed by atoms with Crippen molar-refractivity contribution in [3.05, 3.63) is 16.8 Å². The van der Waals surface area contributed by atoms with E-state index in [0.717, 1.165) is 30.5 Å². The molecular weight excluding hydrogens is 256 g/mol. The Hall–Kier alpha value is -1.69. The van der Waals surface area contributed by atoms with E-state index >= 15 is 0 Å². The van der Waals surface area contributed by atoms with Crippen LogP contribution in [0.5, 0.6) is 5.88 Å². The van der Waals surface area contributed by atoms with Gasteiger partial charge < -0.3 is 15.2 Å². The van der Waals surface area contributed by atoms with Crippen molar-refractivity contribution in [1.82, 2.24) is 10.2 Å². The molecule has 0 aliphatic heterocycles. The molecule has 20 heavy (non-hydrogen) atoms. The molecular formula is C14H24N4O2. The van der Waals surface area contributed by atoms with Gasteiger partial charge in [0.15, 0.2) is 0 Å². The fourth-order valence-corrected chi connectivity index (χ4v) is 1.98. The topological polar surface area (TPSA) is 94.1 Å². The van der Waals surface area contributed by atoms with Gasteiger partial charge in [0, 0.05) is 6.61 Å². The molecule has 6 heteroatoms. The normalized spacial score (nSPS) is 10.6. The number of nitrogens with two attached hydrogens (primary N) is 1. The van der Waals surface area contributed by atoms with Gasteiger partial charge in [0.05, 0.1) is 17.9 Å². The molecule has 0 bridgehead atoms. The van der Waals surface area contributed by atoms with Gasteiger partial charge in [0.1, 0.15) is 12.4 Å². The van der Waals surface area contributed by atoms with Crippen LogP contribution in [0.1, 0.15) is 44.0 Å². The number of hydrogen-bond donors (Lipinski definition) is 2. The molecule has 0 saturated carbocycles. The molecule has 0 unspecified atom stereocenters. The summed E-state index contributed by atoms with van der Waals surface area (Å²) in [6.45, 7) is 7.65. The molecule has 6 nitrogen and oxygen atoms in total. The minimum atomic E-state index is -0.0315. The van der Waals surface area contributed by atoms with Crippen molar-refractivity contribution in [2.75, 3.05) is 19.8 Å². The Balaban J connectivity index is 2.87. The molecule has 0 saturated heterocycles. The zero-order chi connectivity index (χ0) is 15.0. The zero-order valence-corrected chi connectivity index (χ0v) is 12.5. The first-order chi connectivity index (χ1) is 9.65. The molecule has 0 aliphatic carbocycles. The maximum absolute atomic E-state index is 7.74. The van der Waals surface area contributed by atoms with Crippen molar-refractivity contribution in [2.45, 2.75) is 40.0 Å². The average molecular weight is 280 g/mol. The minimum Gasteiger partial charge on any atom is -0.474 e. The highest BCUT2D eigenvalue weighted by molar-refractivity contribution is 5.98. The maximum Gasteiger partial charge on any atom is 0.244 e. The largest absolute Gasteiger partial charge is 0.474 e. The summed E-state index contributed by atoms with van der Waals surface area (Å²) in [5.74, 6) is 0.294. The summed E-state index contributed by atoms with van der Waals surface area (Å²) < 4.78 is 10.9. The van der Waals surface area contributed by atoms with Crippen LogP contribution in [0.25, 0.3) is 0 Å². The van der Waals surface area contributed by atoms with E-state index in [0.29, 0.717) is 31.3 Å².